The zero-order chi connectivity index (χ0) is 20.5. The molecule has 0 unspecified atom stereocenters. The molecule has 0 aliphatic heterocycles. The summed E-state index contributed by atoms with van der Waals surface area (Å²) in [6.45, 7) is 0. The van der Waals surface area contributed by atoms with Crippen LogP contribution in [0.4, 0.5) is 5.69 Å². The molecule has 158 valence electrons. The second-order valence-corrected chi connectivity index (χ2v) is 8.77. The van der Waals surface area contributed by atoms with Gasteiger partial charge in [-0.05, 0) is 37.8 Å². The summed E-state index contributed by atoms with van der Waals surface area (Å²) in [6.07, 6.45) is 4.80. The topological polar surface area (TPSA) is 149 Å². The maximum Gasteiger partial charge on any atom is 0.306 e. The number of halogens is 2. The van der Waals surface area contributed by atoms with E-state index in [1.165, 1.54) is 24.5 Å². The summed E-state index contributed by atoms with van der Waals surface area (Å²) < 4.78 is 29.1. The summed E-state index contributed by atoms with van der Waals surface area (Å²) in [5.74, 6) is -1.63. The van der Waals surface area contributed by atoms with Gasteiger partial charge >= 0.3 is 5.97 Å². The van der Waals surface area contributed by atoms with Crippen molar-refractivity contribution in [3.05, 3.63) is 30.6 Å². The van der Waals surface area contributed by atoms with Crippen molar-refractivity contribution in [2.45, 2.75) is 36.6 Å². The van der Waals surface area contributed by atoms with E-state index in [9.17, 15) is 13.2 Å². The third-order valence-corrected chi connectivity index (χ3v) is 6.72. The van der Waals surface area contributed by atoms with Crippen LogP contribution >= 0.6 is 24.2 Å². The van der Waals surface area contributed by atoms with Crippen LogP contribution in [0.2, 0.25) is 0 Å². The van der Waals surface area contributed by atoms with Crippen LogP contribution in [-0.2, 0) is 14.8 Å². The number of aromatic nitrogens is 1. The molecule has 1 aliphatic carbocycles. The van der Waals surface area contributed by atoms with Crippen LogP contribution in [0.5, 0.6) is 0 Å². The molecule has 29 heavy (non-hydrogen) atoms. The lowest BCUT2D eigenvalue weighted by Gasteiger charge is -2.26. The second kappa shape index (κ2) is 9.12. The molecule has 12 heteroatoms. The van der Waals surface area contributed by atoms with E-state index < -0.39 is 21.9 Å². The Bertz CT molecular complexity index is 1030. The number of pyridine rings is 1. The molecule has 1 aromatic heterocycles. The van der Waals surface area contributed by atoms with Crippen molar-refractivity contribution < 1.29 is 18.3 Å². The van der Waals surface area contributed by atoms with E-state index in [4.69, 9.17) is 28.0 Å². The van der Waals surface area contributed by atoms with Crippen molar-refractivity contribution in [2.75, 3.05) is 4.42 Å². The first kappa shape index (κ1) is 23.1. The zero-order valence-electron chi connectivity index (χ0n) is 15.2. The van der Waals surface area contributed by atoms with E-state index in [0.29, 0.717) is 42.1 Å². The summed E-state index contributed by atoms with van der Waals surface area (Å²) in [7, 11) is -3.78. The van der Waals surface area contributed by atoms with Crippen molar-refractivity contribution in [3.63, 3.8) is 0 Å². The fourth-order valence-electron chi connectivity index (χ4n) is 3.34. The van der Waals surface area contributed by atoms with Gasteiger partial charge in [-0.3, -0.25) is 15.2 Å². The van der Waals surface area contributed by atoms with Crippen LogP contribution in [0.15, 0.2) is 35.5 Å². The summed E-state index contributed by atoms with van der Waals surface area (Å²) in [6, 6.07) is 4.21. The number of nitrogens with zero attached hydrogens (tertiary/aromatic N) is 2. The standard InChI is InChI=1S/C17H20ClN5O4S.ClH/c18-23(17(19)20)15-9-21-8-11-7-13(5-6-14(11)15)28(26,27)22-12-3-1-10(2-4-12)16(24)25;/h5-10,12,22H,1-4H2,(H3,19,20)(H,24,25);1H. The van der Waals surface area contributed by atoms with Gasteiger partial charge in [0.05, 0.1) is 22.7 Å². The molecule has 3 rings (SSSR count). The van der Waals surface area contributed by atoms with E-state index in [2.05, 4.69) is 9.71 Å². The first-order valence-electron chi connectivity index (χ1n) is 8.62. The third-order valence-electron chi connectivity index (χ3n) is 4.84. The number of carbonyl (C=O) groups is 1. The Labute approximate surface area is 179 Å². The number of sulfonamides is 1. The second-order valence-electron chi connectivity index (χ2n) is 6.72. The number of carboxylic acid groups (broad SMARTS) is 1. The number of carboxylic acids is 1. The van der Waals surface area contributed by atoms with Gasteiger partial charge in [0.1, 0.15) is 0 Å². The number of anilines is 1. The highest BCUT2D eigenvalue weighted by Gasteiger charge is 2.29. The van der Waals surface area contributed by atoms with Crippen LogP contribution in [0, 0.1) is 11.3 Å². The van der Waals surface area contributed by atoms with E-state index in [1.807, 2.05) is 0 Å². The van der Waals surface area contributed by atoms with E-state index >= 15 is 0 Å². The Hall–Kier alpha value is -2.14. The minimum atomic E-state index is -3.78. The van der Waals surface area contributed by atoms with Gasteiger partial charge in [0, 0.05) is 34.8 Å². The number of guanidine groups is 1. The van der Waals surface area contributed by atoms with Crippen molar-refractivity contribution in [1.29, 1.82) is 5.41 Å². The molecule has 2 aromatic rings. The quantitative estimate of drug-likeness (QED) is 0.303. The lowest BCUT2D eigenvalue weighted by atomic mass is 9.87. The normalized spacial score (nSPS) is 19.3. The van der Waals surface area contributed by atoms with Gasteiger partial charge < -0.3 is 10.8 Å². The molecular weight excluding hydrogens is 441 g/mol. The highest BCUT2D eigenvalue weighted by molar-refractivity contribution is 7.89. The molecule has 9 nitrogen and oxygen atoms in total. The fraction of sp³-hybridized carbons (Fsp3) is 0.353. The SMILES string of the molecule is Cl.N=C(N)N(Cl)c1cncc2cc(S(=O)(=O)NC3CCC(C(=O)O)CC3)ccc12. The zero-order valence-corrected chi connectivity index (χ0v) is 17.6. The smallest absolute Gasteiger partial charge is 0.306 e. The Morgan fingerprint density at radius 2 is 1.93 bits per heavy atom. The molecule has 0 spiro atoms. The van der Waals surface area contributed by atoms with Crippen LogP contribution < -0.4 is 14.9 Å². The molecule has 1 saturated carbocycles. The van der Waals surface area contributed by atoms with Crippen LogP contribution in [0.1, 0.15) is 25.7 Å². The summed E-state index contributed by atoms with van der Waals surface area (Å²) in [5.41, 5.74) is 5.77. The molecule has 1 fully saturated rings. The summed E-state index contributed by atoms with van der Waals surface area (Å²) in [4.78, 5) is 15.1. The number of nitrogens with one attached hydrogen (secondary N) is 2. The maximum absolute atomic E-state index is 12.7. The van der Waals surface area contributed by atoms with E-state index in [-0.39, 0.29) is 29.3 Å². The number of nitrogens with two attached hydrogens (primary N) is 1. The predicted molar refractivity (Wildman–Crippen MR) is 113 cm³/mol. The Balaban J connectivity index is 0.00000300. The lowest BCUT2D eigenvalue weighted by Crippen LogP contribution is -2.38. The number of benzene rings is 1. The Morgan fingerprint density at radius 1 is 1.28 bits per heavy atom. The van der Waals surface area contributed by atoms with Gasteiger partial charge in [0.15, 0.2) is 0 Å². The number of hydrogen-bond acceptors (Lipinski definition) is 5. The van der Waals surface area contributed by atoms with Crippen LogP contribution in [0.3, 0.4) is 0 Å². The molecule has 0 bridgehead atoms. The molecular formula is C17H21Cl2N5O4S. The van der Waals surface area contributed by atoms with Gasteiger partial charge in [0.25, 0.3) is 0 Å². The maximum atomic E-state index is 12.7. The van der Waals surface area contributed by atoms with E-state index in [0.717, 1.165) is 4.42 Å². The first-order chi connectivity index (χ1) is 13.2. The molecule has 0 amide bonds. The Kier molecular flexibility index (Phi) is 7.28. The van der Waals surface area contributed by atoms with Crippen molar-refractivity contribution in [2.24, 2.45) is 11.7 Å². The predicted octanol–water partition coefficient (Wildman–Crippen LogP) is 2.43. The molecule has 1 aliphatic rings. The number of rotatable bonds is 5. The molecule has 0 saturated heterocycles. The number of fused-ring (bicyclic) bond motifs is 1. The monoisotopic (exact) mass is 461 g/mol. The molecule has 1 aromatic carbocycles. The molecule has 0 atom stereocenters. The van der Waals surface area contributed by atoms with Gasteiger partial charge in [0.2, 0.25) is 16.0 Å². The van der Waals surface area contributed by atoms with Crippen molar-refractivity contribution in [3.8, 4) is 0 Å². The minimum Gasteiger partial charge on any atom is -0.481 e. The van der Waals surface area contributed by atoms with Crippen molar-refractivity contribution >= 4 is 62.6 Å². The molecule has 1 heterocycles. The number of aliphatic carboxylic acids is 1. The summed E-state index contributed by atoms with van der Waals surface area (Å²) >= 11 is 5.98. The average Bonchev–Trinajstić information content (AvgIpc) is 2.66. The highest BCUT2D eigenvalue weighted by atomic mass is 35.5. The van der Waals surface area contributed by atoms with Crippen LogP contribution in [-0.4, -0.2) is 36.5 Å². The average molecular weight is 462 g/mol. The fourth-order valence-corrected chi connectivity index (χ4v) is 4.81. The highest BCUT2D eigenvalue weighted by Crippen LogP contribution is 2.30. The minimum absolute atomic E-state index is 0. The van der Waals surface area contributed by atoms with Gasteiger partial charge in [-0.15, -0.1) is 12.4 Å². The largest absolute Gasteiger partial charge is 0.481 e. The Morgan fingerprint density at radius 3 is 2.52 bits per heavy atom. The van der Waals surface area contributed by atoms with E-state index in [1.54, 1.807) is 6.07 Å². The third kappa shape index (κ3) is 5.08. The molecule has 0 radical (unpaired) electrons. The molecule has 5 N–H and O–H groups in total. The van der Waals surface area contributed by atoms with Gasteiger partial charge in [-0.2, -0.15) is 0 Å². The van der Waals surface area contributed by atoms with Gasteiger partial charge in [-0.1, -0.05) is 6.07 Å². The summed E-state index contributed by atoms with van der Waals surface area (Å²) in [5, 5.41) is 17.6. The van der Waals surface area contributed by atoms with Gasteiger partial charge in [-0.25, -0.2) is 17.6 Å². The first-order valence-corrected chi connectivity index (χ1v) is 10.4. The van der Waals surface area contributed by atoms with Crippen molar-refractivity contribution in [1.82, 2.24) is 9.71 Å². The lowest BCUT2D eigenvalue weighted by molar-refractivity contribution is -0.142. The van der Waals surface area contributed by atoms with Crippen LogP contribution in [0.25, 0.3) is 10.8 Å². The number of hydrogen-bond donors (Lipinski definition) is 4.